The Kier molecular flexibility index (Phi) is 3.34. The van der Waals surface area contributed by atoms with Crippen LogP contribution >= 0.6 is 11.6 Å². The standard InChI is InChI=1S/C23H28ClN3O2/c24-11-1-3-13(4-2-11)27-6-5-12(9-27)26-22(28)25-10-23(29)20-15-8-16-18-14(15)7-17(20)19(18)21(16)23/h1-4,12,14-21,29H,5-10H2,(H2,25,26,28). The van der Waals surface area contributed by atoms with Gasteiger partial charge in [0.15, 0.2) is 0 Å². The van der Waals surface area contributed by atoms with Crippen molar-refractivity contribution in [2.75, 3.05) is 24.5 Å². The van der Waals surface area contributed by atoms with Crippen LogP contribution < -0.4 is 15.5 Å². The van der Waals surface area contributed by atoms with E-state index in [0.717, 1.165) is 65.7 Å². The van der Waals surface area contributed by atoms with E-state index >= 15 is 0 Å². The topological polar surface area (TPSA) is 64.6 Å². The molecular formula is C23H28ClN3O2. The number of nitrogens with zero attached hydrogens (tertiary/aromatic N) is 1. The Morgan fingerprint density at radius 2 is 1.86 bits per heavy atom. The third-order valence-electron chi connectivity index (χ3n) is 9.77. The number of rotatable bonds is 4. The van der Waals surface area contributed by atoms with E-state index in [1.807, 2.05) is 24.3 Å². The third-order valence-corrected chi connectivity index (χ3v) is 10.0. The van der Waals surface area contributed by atoms with Gasteiger partial charge in [-0.1, -0.05) is 11.6 Å². The molecule has 2 amide bonds. The fourth-order valence-electron chi connectivity index (χ4n) is 9.18. The molecule has 29 heavy (non-hydrogen) atoms. The SMILES string of the molecule is O=C(NCC1(O)C2C3CC4C5C3CC2C5C41)NC1CCN(c2ccc(Cl)cc2)C1. The number of carbonyl (C=O) groups is 1. The van der Waals surface area contributed by atoms with Crippen LogP contribution in [0.3, 0.4) is 0 Å². The van der Waals surface area contributed by atoms with Gasteiger partial charge in [0.25, 0.3) is 0 Å². The molecule has 5 saturated carbocycles. The summed E-state index contributed by atoms with van der Waals surface area (Å²) < 4.78 is 0. The van der Waals surface area contributed by atoms with Gasteiger partial charge in [0.05, 0.1) is 5.60 Å². The summed E-state index contributed by atoms with van der Waals surface area (Å²) in [4.78, 5) is 14.9. The minimum atomic E-state index is -0.646. The monoisotopic (exact) mass is 413 g/mol. The predicted molar refractivity (Wildman–Crippen MR) is 111 cm³/mol. The molecular weight excluding hydrogens is 386 g/mol. The molecule has 10 unspecified atom stereocenters. The number of urea groups is 1. The average molecular weight is 414 g/mol. The normalized spacial score (nSPS) is 49.7. The van der Waals surface area contributed by atoms with Crippen LogP contribution in [0, 0.1) is 47.3 Å². The molecule has 0 radical (unpaired) electrons. The first-order valence-corrected chi connectivity index (χ1v) is 11.7. The minimum Gasteiger partial charge on any atom is -0.387 e. The number of nitrogens with one attached hydrogen (secondary N) is 2. The molecule has 6 aliphatic rings. The molecule has 1 heterocycles. The number of fused-ring (bicyclic) bond motifs is 2. The molecule has 1 aromatic rings. The fraction of sp³-hybridized carbons (Fsp3) is 0.696. The van der Waals surface area contributed by atoms with E-state index in [4.69, 9.17) is 11.6 Å². The number of amides is 2. The van der Waals surface area contributed by atoms with Gasteiger partial charge < -0.3 is 20.6 Å². The Labute approximate surface area is 176 Å². The Morgan fingerprint density at radius 3 is 2.69 bits per heavy atom. The summed E-state index contributed by atoms with van der Waals surface area (Å²) in [6.45, 7) is 2.17. The van der Waals surface area contributed by atoms with E-state index in [9.17, 15) is 9.90 Å². The zero-order valence-corrected chi connectivity index (χ0v) is 17.2. The van der Waals surface area contributed by atoms with Gasteiger partial charge in [-0.25, -0.2) is 4.79 Å². The molecule has 1 aliphatic heterocycles. The second kappa shape index (κ2) is 5.61. The van der Waals surface area contributed by atoms with Crippen molar-refractivity contribution < 1.29 is 9.90 Å². The van der Waals surface area contributed by atoms with Crippen molar-refractivity contribution in [2.45, 2.75) is 30.9 Å². The highest BCUT2D eigenvalue weighted by Gasteiger charge is 2.84. The zero-order chi connectivity index (χ0) is 19.5. The maximum atomic E-state index is 12.6. The first-order chi connectivity index (χ1) is 14.0. The molecule has 3 N–H and O–H groups in total. The molecule has 1 saturated heterocycles. The molecule has 6 heteroatoms. The van der Waals surface area contributed by atoms with Crippen LogP contribution in [0.15, 0.2) is 24.3 Å². The lowest BCUT2D eigenvalue weighted by atomic mass is 9.56. The van der Waals surface area contributed by atoms with Crippen molar-refractivity contribution in [1.82, 2.24) is 10.6 Å². The van der Waals surface area contributed by atoms with Crippen LogP contribution in [0.25, 0.3) is 0 Å². The van der Waals surface area contributed by atoms with Gasteiger partial charge in [-0.3, -0.25) is 0 Å². The van der Waals surface area contributed by atoms with E-state index in [0.29, 0.717) is 18.4 Å². The van der Waals surface area contributed by atoms with Crippen molar-refractivity contribution in [3.63, 3.8) is 0 Å². The lowest BCUT2D eigenvalue weighted by Crippen LogP contribution is -2.60. The first-order valence-electron chi connectivity index (χ1n) is 11.3. The highest BCUT2D eigenvalue weighted by atomic mass is 35.5. The summed E-state index contributed by atoms with van der Waals surface area (Å²) in [5, 5.41) is 18.6. The van der Waals surface area contributed by atoms with Gasteiger partial charge >= 0.3 is 6.03 Å². The lowest BCUT2D eigenvalue weighted by molar-refractivity contribution is -0.126. The zero-order valence-electron chi connectivity index (χ0n) is 16.4. The number of benzene rings is 1. The summed E-state index contributed by atoms with van der Waals surface area (Å²) in [5.41, 5.74) is 0.497. The number of halogens is 1. The van der Waals surface area contributed by atoms with Crippen LogP contribution in [0.4, 0.5) is 10.5 Å². The molecule has 0 spiro atoms. The smallest absolute Gasteiger partial charge is 0.315 e. The van der Waals surface area contributed by atoms with Gasteiger partial charge in [-0.05, 0) is 90.9 Å². The van der Waals surface area contributed by atoms with Crippen LogP contribution in [0.1, 0.15) is 19.3 Å². The van der Waals surface area contributed by atoms with E-state index in [1.54, 1.807) is 0 Å². The molecule has 1 aromatic carbocycles. The average Bonchev–Trinajstić information content (AvgIpc) is 3.37. The summed E-state index contributed by atoms with van der Waals surface area (Å²) >= 11 is 5.98. The summed E-state index contributed by atoms with van der Waals surface area (Å²) in [6, 6.07) is 7.88. The van der Waals surface area contributed by atoms with Crippen molar-refractivity contribution >= 4 is 23.3 Å². The van der Waals surface area contributed by atoms with Crippen molar-refractivity contribution in [1.29, 1.82) is 0 Å². The fourth-order valence-corrected chi connectivity index (χ4v) is 9.31. The number of carbonyl (C=O) groups excluding carboxylic acids is 1. The van der Waals surface area contributed by atoms with Crippen LogP contribution in [-0.2, 0) is 0 Å². The molecule has 154 valence electrons. The summed E-state index contributed by atoms with van der Waals surface area (Å²) in [7, 11) is 0. The van der Waals surface area contributed by atoms with E-state index in [1.165, 1.54) is 12.8 Å². The molecule has 5 aliphatic carbocycles. The number of anilines is 1. The van der Waals surface area contributed by atoms with E-state index < -0.39 is 5.60 Å². The summed E-state index contributed by atoms with van der Waals surface area (Å²) in [5.74, 6) is 5.73. The summed E-state index contributed by atoms with van der Waals surface area (Å²) in [6.07, 6.45) is 3.65. The quantitative estimate of drug-likeness (QED) is 0.711. The maximum Gasteiger partial charge on any atom is 0.315 e. The third kappa shape index (κ3) is 2.09. The van der Waals surface area contributed by atoms with E-state index in [2.05, 4.69) is 15.5 Å². The molecule has 2 bridgehead atoms. The van der Waals surface area contributed by atoms with Crippen molar-refractivity contribution in [3.8, 4) is 0 Å². The molecule has 6 fully saturated rings. The lowest BCUT2D eigenvalue weighted by Gasteiger charge is -2.51. The molecule has 10 atom stereocenters. The maximum absolute atomic E-state index is 12.6. The predicted octanol–water partition coefficient (Wildman–Crippen LogP) is 2.73. The van der Waals surface area contributed by atoms with Gasteiger partial charge in [0, 0.05) is 36.4 Å². The number of hydrogen-bond donors (Lipinski definition) is 3. The Hall–Kier alpha value is -1.46. The second-order valence-electron chi connectivity index (χ2n) is 10.6. The van der Waals surface area contributed by atoms with Crippen LogP contribution in [-0.4, -0.2) is 42.4 Å². The number of aliphatic hydroxyl groups is 1. The Bertz CT molecular complexity index is 871. The van der Waals surface area contributed by atoms with Crippen LogP contribution in [0.2, 0.25) is 5.02 Å². The van der Waals surface area contributed by atoms with Gasteiger partial charge in [0.2, 0.25) is 0 Å². The largest absolute Gasteiger partial charge is 0.387 e. The van der Waals surface area contributed by atoms with Gasteiger partial charge in [-0.15, -0.1) is 0 Å². The van der Waals surface area contributed by atoms with Crippen LogP contribution in [0.5, 0.6) is 0 Å². The van der Waals surface area contributed by atoms with Crippen molar-refractivity contribution in [3.05, 3.63) is 29.3 Å². The van der Waals surface area contributed by atoms with Gasteiger partial charge in [0.1, 0.15) is 0 Å². The highest BCUT2D eigenvalue weighted by molar-refractivity contribution is 6.30. The first kappa shape index (κ1) is 17.2. The Balaban J connectivity index is 0.972. The second-order valence-corrected chi connectivity index (χ2v) is 11.0. The molecule has 5 nitrogen and oxygen atoms in total. The van der Waals surface area contributed by atoms with Crippen molar-refractivity contribution in [2.24, 2.45) is 47.3 Å². The van der Waals surface area contributed by atoms with Gasteiger partial charge in [-0.2, -0.15) is 0 Å². The highest BCUT2D eigenvalue weighted by Crippen LogP contribution is 2.85. The van der Waals surface area contributed by atoms with E-state index in [-0.39, 0.29) is 12.1 Å². The number of hydrogen-bond acceptors (Lipinski definition) is 3. The molecule has 0 aromatic heterocycles. The Morgan fingerprint density at radius 1 is 1.10 bits per heavy atom. The molecule has 7 rings (SSSR count). The minimum absolute atomic E-state index is 0.125.